The second-order valence-corrected chi connectivity index (χ2v) is 8.47. The molecule has 7 heteroatoms. The summed E-state index contributed by atoms with van der Waals surface area (Å²) in [6.45, 7) is 10.0. The molecule has 0 saturated carbocycles. The van der Waals surface area contributed by atoms with Gasteiger partial charge >= 0.3 is 0 Å². The van der Waals surface area contributed by atoms with Gasteiger partial charge in [-0.15, -0.1) is 0 Å². The zero-order valence-electron chi connectivity index (χ0n) is 20.2. The van der Waals surface area contributed by atoms with E-state index in [1.807, 2.05) is 50.2 Å². The third-order valence-corrected chi connectivity index (χ3v) is 6.17. The van der Waals surface area contributed by atoms with Gasteiger partial charge in [-0.1, -0.05) is 37.3 Å². The molecular formula is C27H31N5O2. The molecule has 0 atom stereocenters. The number of benzene rings is 2. The van der Waals surface area contributed by atoms with E-state index in [0.29, 0.717) is 24.3 Å². The average molecular weight is 458 g/mol. The lowest BCUT2D eigenvalue weighted by Gasteiger charge is -2.09. The molecule has 2 aromatic heterocycles. The van der Waals surface area contributed by atoms with Gasteiger partial charge in [-0.25, -0.2) is 0 Å². The fraction of sp³-hybridized carbons (Fsp3) is 0.296. The van der Waals surface area contributed by atoms with Crippen molar-refractivity contribution in [2.24, 2.45) is 0 Å². The van der Waals surface area contributed by atoms with Crippen LogP contribution >= 0.6 is 0 Å². The standard InChI is InChI=1S/C27H31N5O2/c1-5-14-28-27(34)25-23(17-31(6-2)30-25)29-26(33)21-12-13-24-22(15-21)18(3)19(4)32(24)16-20-10-8-7-9-11-20/h7-13,15,17H,5-6,14,16H2,1-4H3,(H,28,34)(H,29,33). The van der Waals surface area contributed by atoms with Crippen LogP contribution in [0.2, 0.25) is 0 Å². The first-order chi connectivity index (χ1) is 16.4. The van der Waals surface area contributed by atoms with E-state index in [1.165, 1.54) is 11.3 Å². The lowest BCUT2D eigenvalue weighted by atomic mass is 10.1. The molecule has 0 aliphatic carbocycles. The number of rotatable bonds is 8. The highest BCUT2D eigenvalue weighted by atomic mass is 16.2. The summed E-state index contributed by atoms with van der Waals surface area (Å²) in [6, 6.07) is 16.1. The Bertz CT molecular complexity index is 1330. The van der Waals surface area contributed by atoms with Crippen LogP contribution in [0.4, 0.5) is 5.69 Å². The Balaban J connectivity index is 1.62. The summed E-state index contributed by atoms with van der Waals surface area (Å²) in [5.41, 5.74) is 5.83. The Morgan fingerprint density at radius 2 is 1.76 bits per heavy atom. The molecule has 4 rings (SSSR count). The van der Waals surface area contributed by atoms with E-state index in [-0.39, 0.29) is 17.5 Å². The van der Waals surface area contributed by atoms with Crippen molar-refractivity contribution in [1.82, 2.24) is 19.7 Å². The van der Waals surface area contributed by atoms with E-state index < -0.39 is 0 Å². The highest BCUT2D eigenvalue weighted by Gasteiger charge is 2.20. The van der Waals surface area contributed by atoms with Gasteiger partial charge in [0.25, 0.3) is 11.8 Å². The molecule has 0 fully saturated rings. The van der Waals surface area contributed by atoms with Crippen LogP contribution < -0.4 is 10.6 Å². The van der Waals surface area contributed by atoms with Gasteiger partial charge in [0.15, 0.2) is 5.69 Å². The molecule has 2 aromatic carbocycles. The van der Waals surface area contributed by atoms with Gasteiger partial charge in [0.1, 0.15) is 0 Å². The predicted octanol–water partition coefficient (Wildman–Crippen LogP) is 4.91. The number of aromatic nitrogens is 3. The van der Waals surface area contributed by atoms with Crippen LogP contribution in [0, 0.1) is 13.8 Å². The van der Waals surface area contributed by atoms with Gasteiger partial charge in [-0.3, -0.25) is 14.3 Å². The Morgan fingerprint density at radius 1 is 1.00 bits per heavy atom. The Kier molecular flexibility index (Phi) is 6.82. The summed E-state index contributed by atoms with van der Waals surface area (Å²) in [6.07, 6.45) is 2.52. The van der Waals surface area contributed by atoms with Crippen LogP contribution in [0.3, 0.4) is 0 Å². The third kappa shape index (κ3) is 4.59. The van der Waals surface area contributed by atoms with Crippen molar-refractivity contribution in [3.8, 4) is 0 Å². The van der Waals surface area contributed by atoms with Crippen LogP contribution in [-0.4, -0.2) is 32.7 Å². The molecule has 34 heavy (non-hydrogen) atoms. The maximum Gasteiger partial charge on any atom is 0.273 e. The van der Waals surface area contributed by atoms with Crippen molar-refractivity contribution in [3.05, 3.63) is 82.8 Å². The summed E-state index contributed by atoms with van der Waals surface area (Å²) < 4.78 is 3.93. The van der Waals surface area contributed by atoms with Crippen LogP contribution in [0.1, 0.15) is 57.9 Å². The summed E-state index contributed by atoms with van der Waals surface area (Å²) in [5, 5.41) is 11.1. The van der Waals surface area contributed by atoms with E-state index in [1.54, 1.807) is 10.9 Å². The molecule has 0 aliphatic heterocycles. The molecule has 0 unspecified atom stereocenters. The molecule has 176 valence electrons. The molecular weight excluding hydrogens is 426 g/mol. The number of carbonyl (C=O) groups excluding carboxylic acids is 2. The van der Waals surface area contributed by atoms with E-state index >= 15 is 0 Å². The topological polar surface area (TPSA) is 81.0 Å². The SMILES string of the molecule is CCCNC(=O)c1nn(CC)cc1NC(=O)c1ccc2c(c1)c(C)c(C)n2Cc1ccccc1. The first-order valence-corrected chi connectivity index (χ1v) is 11.7. The number of nitrogens with zero attached hydrogens (tertiary/aromatic N) is 3. The van der Waals surface area contributed by atoms with E-state index in [9.17, 15) is 9.59 Å². The lowest BCUT2D eigenvalue weighted by molar-refractivity contribution is 0.0948. The maximum atomic E-state index is 13.2. The zero-order chi connectivity index (χ0) is 24.2. The first-order valence-electron chi connectivity index (χ1n) is 11.7. The number of hydrogen-bond donors (Lipinski definition) is 2. The summed E-state index contributed by atoms with van der Waals surface area (Å²) in [5.74, 6) is -0.556. The van der Waals surface area contributed by atoms with Crippen molar-refractivity contribution in [3.63, 3.8) is 0 Å². The smallest absolute Gasteiger partial charge is 0.273 e. The van der Waals surface area contributed by atoms with E-state index in [4.69, 9.17) is 0 Å². The van der Waals surface area contributed by atoms with Crippen LogP contribution in [0.25, 0.3) is 10.9 Å². The number of hydrogen-bond acceptors (Lipinski definition) is 3. The second-order valence-electron chi connectivity index (χ2n) is 8.47. The van der Waals surface area contributed by atoms with Crippen LogP contribution in [0.15, 0.2) is 54.7 Å². The Morgan fingerprint density at radius 3 is 2.47 bits per heavy atom. The van der Waals surface area contributed by atoms with Crippen LogP contribution in [-0.2, 0) is 13.1 Å². The van der Waals surface area contributed by atoms with E-state index in [0.717, 1.165) is 29.4 Å². The molecule has 0 aliphatic rings. The summed E-state index contributed by atoms with van der Waals surface area (Å²) >= 11 is 0. The lowest BCUT2D eigenvalue weighted by Crippen LogP contribution is -2.26. The number of fused-ring (bicyclic) bond motifs is 1. The fourth-order valence-corrected chi connectivity index (χ4v) is 4.12. The van der Waals surface area contributed by atoms with Gasteiger partial charge < -0.3 is 15.2 Å². The highest BCUT2D eigenvalue weighted by molar-refractivity contribution is 6.09. The van der Waals surface area contributed by atoms with E-state index in [2.05, 4.69) is 46.3 Å². The number of anilines is 1. The minimum Gasteiger partial charge on any atom is -0.351 e. The molecule has 0 saturated heterocycles. The van der Waals surface area contributed by atoms with Crippen molar-refractivity contribution >= 4 is 28.4 Å². The molecule has 2 amide bonds. The van der Waals surface area contributed by atoms with Crippen molar-refractivity contribution in [1.29, 1.82) is 0 Å². The van der Waals surface area contributed by atoms with Crippen molar-refractivity contribution < 1.29 is 9.59 Å². The van der Waals surface area contributed by atoms with Gasteiger partial charge in [0.2, 0.25) is 0 Å². The van der Waals surface area contributed by atoms with Crippen molar-refractivity contribution in [2.75, 3.05) is 11.9 Å². The Labute approximate surface area is 199 Å². The van der Waals surface area contributed by atoms with Gasteiger partial charge in [-0.2, -0.15) is 5.10 Å². The predicted molar refractivity (Wildman–Crippen MR) is 135 cm³/mol. The Hall–Kier alpha value is -3.87. The number of carbonyl (C=O) groups is 2. The van der Waals surface area contributed by atoms with Crippen LogP contribution in [0.5, 0.6) is 0 Å². The minimum absolute atomic E-state index is 0.228. The summed E-state index contributed by atoms with van der Waals surface area (Å²) in [7, 11) is 0. The number of aryl methyl sites for hydroxylation is 2. The molecule has 0 spiro atoms. The number of nitrogens with one attached hydrogen (secondary N) is 2. The quantitative estimate of drug-likeness (QED) is 0.394. The maximum absolute atomic E-state index is 13.2. The highest BCUT2D eigenvalue weighted by Crippen LogP contribution is 2.28. The first kappa shape index (κ1) is 23.3. The molecule has 0 bridgehead atoms. The molecule has 0 radical (unpaired) electrons. The summed E-state index contributed by atoms with van der Waals surface area (Å²) in [4.78, 5) is 25.7. The zero-order valence-corrected chi connectivity index (χ0v) is 20.2. The second kappa shape index (κ2) is 9.95. The van der Waals surface area contributed by atoms with Crippen molar-refractivity contribution in [2.45, 2.75) is 47.2 Å². The van der Waals surface area contributed by atoms with Gasteiger partial charge in [0.05, 0.1) is 5.69 Å². The van der Waals surface area contributed by atoms with Gasteiger partial charge in [0, 0.05) is 48.0 Å². The average Bonchev–Trinajstić information content (AvgIpc) is 3.37. The molecule has 2 N–H and O–H groups in total. The van der Waals surface area contributed by atoms with Gasteiger partial charge in [-0.05, 0) is 56.5 Å². The minimum atomic E-state index is -0.288. The molecule has 4 aromatic rings. The molecule has 7 nitrogen and oxygen atoms in total. The monoisotopic (exact) mass is 457 g/mol. The largest absolute Gasteiger partial charge is 0.351 e. The normalized spacial score (nSPS) is 11.1. The molecule has 2 heterocycles. The number of amides is 2. The fourth-order valence-electron chi connectivity index (χ4n) is 4.12. The third-order valence-electron chi connectivity index (χ3n) is 6.17.